The highest BCUT2D eigenvalue weighted by Gasteiger charge is 2.43. The molecule has 2 saturated heterocycles. The van der Waals surface area contributed by atoms with Crippen LogP contribution in [0.5, 0.6) is 17.2 Å². The van der Waals surface area contributed by atoms with Gasteiger partial charge < -0.3 is 24.4 Å². The number of halogens is 2. The quantitative estimate of drug-likeness (QED) is 0.0800. The lowest BCUT2D eigenvalue weighted by Gasteiger charge is -2.44. The highest BCUT2D eigenvalue weighted by atomic mass is 35.5. The number of carbonyl (C=O) groups excluding carboxylic acids is 4. The number of likely N-dealkylation sites (tertiary alicyclic amines) is 2. The van der Waals surface area contributed by atoms with Gasteiger partial charge in [-0.1, -0.05) is 59.6 Å². The third-order valence-corrected chi connectivity index (χ3v) is 15.9. The number of ether oxygens (including phenoxy) is 3. The molecular formula is C56H64Cl2N4O11. The second-order valence-electron chi connectivity index (χ2n) is 19.9. The van der Waals surface area contributed by atoms with Crippen LogP contribution in [0, 0.1) is 25.7 Å². The lowest BCUT2D eigenvalue weighted by molar-refractivity contribution is -0.148. The van der Waals surface area contributed by atoms with Crippen molar-refractivity contribution >= 4 is 58.8 Å². The number of aryl methyl sites for hydroxylation is 3. The molecule has 2 N–H and O–H groups in total. The standard InChI is InChI=1S/C28H31ClN2O6.C28H33ClN2O5/c1-36-25-12-17(2-7-24(25)37-11-10-30-26(32)8-9-27(30)33)16-31(21-14-19(15-21)28(34)35)23-6-3-18-13-20(29)4-5-22(18)23;1-17-13-21(5-6-24(17)29)19(3)31(23-14-22(15-23)28(34)35)16-20-4-7-25(18(2)12-20)36-11-10-30-26(32)8-9-27(30)33/h2,4-5,7,12-13,19,21,23H,3,6,8-11,14-16H2,1H3,(H,34,35);4-7,12-13,19,22-23H,8-11,14-16H2,1-3H3,(H,34,35)/t;19-,22-,23-/m.1/s1. The van der Waals surface area contributed by atoms with Crippen LogP contribution in [0.2, 0.25) is 10.0 Å². The maximum absolute atomic E-state index is 11.8. The summed E-state index contributed by atoms with van der Waals surface area (Å²) < 4.78 is 17.3. The molecule has 388 valence electrons. The maximum atomic E-state index is 11.8. The molecule has 3 aliphatic carbocycles. The van der Waals surface area contributed by atoms with Crippen LogP contribution in [0.3, 0.4) is 0 Å². The fraction of sp³-hybridized carbons (Fsp3) is 0.464. The Labute approximate surface area is 436 Å². The summed E-state index contributed by atoms with van der Waals surface area (Å²) in [4.78, 5) is 77.4. The SMILES string of the molecule is COc1cc(CN(C2CC(C(=O)O)C2)C2CCc3cc(Cl)ccc32)ccc1OCCN1C(=O)CCC1=O.Cc1cc([C@@H](C)N(Cc2ccc(OCCN3C(=O)CCC3=O)c(C)c2)[C@H]2C[C@H](C(=O)O)C2)ccc1Cl. The Morgan fingerprint density at radius 1 is 0.658 bits per heavy atom. The van der Waals surface area contributed by atoms with Crippen molar-refractivity contribution in [1.29, 1.82) is 0 Å². The number of aliphatic carboxylic acids is 2. The van der Waals surface area contributed by atoms with Crippen molar-refractivity contribution in [2.75, 3.05) is 33.4 Å². The van der Waals surface area contributed by atoms with E-state index in [1.165, 1.54) is 20.9 Å². The molecule has 0 spiro atoms. The Balaban J connectivity index is 0.000000195. The van der Waals surface area contributed by atoms with Crippen LogP contribution in [0.1, 0.15) is 116 Å². The second kappa shape index (κ2) is 23.5. The Morgan fingerprint density at radius 2 is 1.22 bits per heavy atom. The van der Waals surface area contributed by atoms with Gasteiger partial charge in [-0.3, -0.25) is 48.4 Å². The van der Waals surface area contributed by atoms with Crippen molar-refractivity contribution in [2.45, 2.75) is 122 Å². The molecule has 2 aliphatic heterocycles. The van der Waals surface area contributed by atoms with Crippen LogP contribution in [-0.4, -0.2) is 111 Å². The zero-order chi connectivity index (χ0) is 52.1. The average Bonchev–Trinajstić information content (AvgIpc) is 4.00. The number of hydrogen-bond donors (Lipinski definition) is 2. The van der Waals surface area contributed by atoms with E-state index >= 15 is 0 Å². The number of rotatable bonds is 20. The van der Waals surface area contributed by atoms with Gasteiger partial charge in [0.25, 0.3) is 0 Å². The molecule has 9 rings (SSSR count). The van der Waals surface area contributed by atoms with Crippen LogP contribution >= 0.6 is 23.2 Å². The van der Waals surface area contributed by atoms with Crippen molar-refractivity contribution < 1.29 is 53.2 Å². The van der Waals surface area contributed by atoms with E-state index in [-0.39, 0.29) is 112 Å². The number of hydrogen-bond acceptors (Lipinski definition) is 11. The molecule has 4 fully saturated rings. The van der Waals surface area contributed by atoms with E-state index in [2.05, 4.69) is 34.9 Å². The lowest BCUT2D eigenvalue weighted by atomic mass is 9.78. The van der Waals surface area contributed by atoms with Gasteiger partial charge >= 0.3 is 11.9 Å². The first kappa shape index (κ1) is 53.3. The zero-order valence-electron chi connectivity index (χ0n) is 41.8. The average molecular weight is 1040 g/mol. The first-order valence-electron chi connectivity index (χ1n) is 25.2. The predicted octanol–water partition coefficient (Wildman–Crippen LogP) is 9.14. The van der Waals surface area contributed by atoms with Crippen LogP contribution < -0.4 is 14.2 Å². The summed E-state index contributed by atoms with van der Waals surface area (Å²) in [7, 11) is 1.58. The molecule has 0 bridgehead atoms. The van der Waals surface area contributed by atoms with Gasteiger partial charge in [-0.2, -0.15) is 0 Å². The van der Waals surface area contributed by atoms with E-state index < -0.39 is 11.9 Å². The fourth-order valence-electron chi connectivity index (χ4n) is 10.8. The van der Waals surface area contributed by atoms with Gasteiger partial charge in [0.1, 0.15) is 19.0 Å². The zero-order valence-corrected chi connectivity index (χ0v) is 43.3. The first-order chi connectivity index (χ1) is 35.0. The van der Waals surface area contributed by atoms with Crippen molar-refractivity contribution in [1.82, 2.24) is 19.6 Å². The van der Waals surface area contributed by atoms with Crippen LogP contribution in [0.4, 0.5) is 0 Å². The number of benzene rings is 4. The number of carboxylic acids is 2. The molecule has 0 radical (unpaired) electrons. The first-order valence-corrected chi connectivity index (χ1v) is 25.9. The minimum absolute atomic E-state index is 0.0903. The van der Waals surface area contributed by atoms with Crippen molar-refractivity contribution in [3.8, 4) is 17.2 Å². The van der Waals surface area contributed by atoms with Crippen molar-refractivity contribution in [2.24, 2.45) is 11.8 Å². The fourth-order valence-corrected chi connectivity index (χ4v) is 11.1. The molecule has 73 heavy (non-hydrogen) atoms. The second-order valence-corrected chi connectivity index (χ2v) is 20.8. The minimum atomic E-state index is -0.727. The molecule has 4 aromatic rings. The molecule has 17 heteroatoms. The van der Waals surface area contributed by atoms with Gasteiger partial charge in [-0.25, -0.2) is 0 Å². The minimum Gasteiger partial charge on any atom is -0.493 e. The summed E-state index contributed by atoms with van der Waals surface area (Å²) in [5.41, 5.74) is 7.81. The van der Waals surface area contributed by atoms with Gasteiger partial charge in [0.05, 0.1) is 32.0 Å². The van der Waals surface area contributed by atoms with Gasteiger partial charge in [-0.05, 0) is 135 Å². The van der Waals surface area contributed by atoms with Gasteiger partial charge in [0.2, 0.25) is 23.6 Å². The van der Waals surface area contributed by atoms with Crippen molar-refractivity contribution in [3.63, 3.8) is 0 Å². The summed E-state index contributed by atoms with van der Waals surface area (Å²) in [5, 5.41) is 20.3. The summed E-state index contributed by atoms with van der Waals surface area (Å²) in [6.07, 6.45) is 5.57. The Morgan fingerprint density at radius 3 is 1.78 bits per heavy atom. The van der Waals surface area contributed by atoms with Gasteiger partial charge in [0.15, 0.2) is 11.5 Å². The molecule has 4 aromatic carbocycles. The highest BCUT2D eigenvalue weighted by molar-refractivity contribution is 6.31. The van der Waals surface area contributed by atoms with E-state index in [0.29, 0.717) is 50.3 Å². The molecule has 5 aliphatic rings. The Hall–Kier alpha value is -6.00. The van der Waals surface area contributed by atoms with Gasteiger partial charge in [0, 0.05) is 73.0 Å². The summed E-state index contributed by atoms with van der Waals surface area (Å²) >= 11 is 12.5. The number of amides is 4. The van der Waals surface area contributed by atoms with E-state index in [1.54, 1.807) is 7.11 Å². The summed E-state index contributed by atoms with van der Waals surface area (Å²) in [5.74, 6) is -0.780. The smallest absolute Gasteiger partial charge is 0.306 e. The predicted molar refractivity (Wildman–Crippen MR) is 274 cm³/mol. The highest BCUT2D eigenvalue weighted by Crippen LogP contribution is 2.45. The Bertz CT molecular complexity index is 2710. The molecular weight excluding hydrogens is 976 g/mol. The van der Waals surface area contributed by atoms with E-state index in [4.69, 9.17) is 37.4 Å². The molecule has 2 atom stereocenters. The summed E-state index contributed by atoms with van der Waals surface area (Å²) in [6, 6.07) is 24.6. The number of nitrogens with zero attached hydrogens (tertiary/aromatic N) is 4. The molecule has 2 heterocycles. The lowest BCUT2D eigenvalue weighted by Crippen LogP contribution is -2.47. The third kappa shape index (κ3) is 12.5. The normalized spacial score (nSPS) is 21.7. The van der Waals surface area contributed by atoms with Gasteiger partial charge in [-0.15, -0.1) is 0 Å². The number of fused-ring (bicyclic) bond motifs is 1. The number of carbonyl (C=O) groups is 6. The number of carboxylic acid groups (broad SMARTS) is 2. The maximum Gasteiger partial charge on any atom is 0.306 e. The molecule has 1 unspecified atom stereocenters. The number of methoxy groups -OCH3 is 1. The van der Waals surface area contributed by atoms with E-state index in [1.807, 2.05) is 68.4 Å². The topological polar surface area (TPSA) is 184 Å². The molecule has 15 nitrogen and oxygen atoms in total. The van der Waals surface area contributed by atoms with E-state index in [0.717, 1.165) is 56.5 Å². The number of imide groups is 2. The largest absolute Gasteiger partial charge is 0.493 e. The Kier molecular flexibility index (Phi) is 17.1. The van der Waals surface area contributed by atoms with Crippen molar-refractivity contribution in [3.05, 3.63) is 122 Å². The van der Waals surface area contributed by atoms with Crippen LogP contribution in [0.15, 0.2) is 72.8 Å². The molecule has 2 saturated carbocycles. The van der Waals surface area contributed by atoms with Crippen LogP contribution in [-0.2, 0) is 48.3 Å². The van der Waals surface area contributed by atoms with E-state index in [9.17, 15) is 39.0 Å². The molecule has 0 aromatic heterocycles. The van der Waals surface area contributed by atoms with Crippen LogP contribution in [0.25, 0.3) is 0 Å². The third-order valence-electron chi connectivity index (χ3n) is 15.2. The molecule has 4 amide bonds. The monoisotopic (exact) mass is 1040 g/mol. The summed E-state index contributed by atoms with van der Waals surface area (Å²) in [6.45, 7) is 8.38.